The van der Waals surface area contributed by atoms with E-state index in [0.717, 1.165) is 6.08 Å². The van der Waals surface area contributed by atoms with Crippen molar-refractivity contribution in [2.24, 2.45) is 0 Å². The van der Waals surface area contributed by atoms with Gasteiger partial charge < -0.3 is 25.2 Å². The molecule has 0 aromatic carbocycles. The first kappa shape index (κ1) is 9.04. The maximum absolute atomic E-state index is 10.5. The Morgan fingerprint density at radius 2 is 2.21 bits per heavy atom. The van der Waals surface area contributed by atoms with E-state index in [9.17, 15) is 15.0 Å². The van der Waals surface area contributed by atoms with Gasteiger partial charge in [0.15, 0.2) is 29.3 Å². The van der Waals surface area contributed by atoms with E-state index < -0.39 is 29.5 Å². The highest BCUT2D eigenvalue weighted by Crippen LogP contribution is 2.47. The van der Waals surface area contributed by atoms with Crippen LogP contribution in [0.5, 0.6) is 0 Å². The van der Waals surface area contributed by atoms with Gasteiger partial charge in [-0.1, -0.05) is 0 Å². The summed E-state index contributed by atoms with van der Waals surface area (Å²) >= 11 is 0. The molecule has 3 unspecified atom stereocenters. The molecule has 0 saturated carbocycles. The van der Waals surface area contributed by atoms with Crippen LogP contribution in [0.1, 0.15) is 0 Å². The summed E-state index contributed by atoms with van der Waals surface area (Å²) in [6, 6.07) is 0. The Labute approximate surface area is 78.4 Å². The third-order valence-electron chi connectivity index (χ3n) is 2.35. The first-order valence-corrected chi connectivity index (χ1v) is 3.89. The molecule has 1 saturated heterocycles. The van der Waals surface area contributed by atoms with E-state index >= 15 is 0 Å². The van der Waals surface area contributed by atoms with E-state index in [2.05, 4.69) is 0 Å². The quantitative estimate of drug-likeness (QED) is 0.446. The van der Waals surface area contributed by atoms with E-state index in [-0.39, 0.29) is 5.76 Å². The molecule has 1 heterocycles. The van der Waals surface area contributed by atoms with Crippen molar-refractivity contribution in [1.82, 2.24) is 0 Å². The van der Waals surface area contributed by atoms with E-state index in [1.165, 1.54) is 6.08 Å². The molecule has 6 nitrogen and oxygen atoms in total. The zero-order valence-electron chi connectivity index (χ0n) is 6.91. The van der Waals surface area contributed by atoms with Gasteiger partial charge in [0.25, 0.3) is 0 Å². The summed E-state index contributed by atoms with van der Waals surface area (Å²) in [4.78, 5) is 10.5. The van der Waals surface area contributed by atoms with Crippen molar-refractivity contribution in [2.45, 2.75) is 17.8 Å². The van der Waals surface area contributed by atoms with Gasteiger partial charge in [0, 0.05) is 0 Å². The maximum atomic E-state index is 10.5. The number of carbonyl (C=O) groups is 1. The van der Waals surface area contributed by atoms with Crippen LogP contribution >= 0.6 is 0 Å². The standard InChI is InChI=1S/C8H8O6/c9-3-1-2-8(5(11)7(12)13)6(14-8)4(3)10/h1-2,5-6,9-11H,(H,12,13). The summed E-state index contributed by atoms with van der Waals surface area (Å²) in [5.74, 6) is -2.26. The van der Waals surface area contributed by atoms with Crippen molar-refractivity contribution in [3.05, 3.63) is 23.7 Å². The molecule has 6 heteroatoms. The molecule has 76 valence electrons. The van der Waals surface area contributed by atoms with Crippen LogP contribution in [0.4, 0.5) is 0 Å². The summed E-state index contributed by atoms with van der Waals surface area (Å²) in [5, 5.41) is 36.1. The maximum Gasteiger partial charge on any atom is 0.336 e. The minimum Gasteiger partial charge on any atom is -0.506 e. The molecule has 0 radical (unpaired) electrons. The Hall–Kier alpha value is -1.53. The normalized spacial score (nSPS) is 36.5. The predicted molar refractivity (Wildman–Crippen MR) is 42.7 cm³/mol. The molecule has 3 atom stereocenters. The second-order valence-electron chi connectivity index (χ2n) is 3.20. The third kappa shape index (κ3) is 0.948. The monoisotopic (exact) mass is 200 g/mol. The Balaban J connectivity index is 2.28. The molecule has 4 N–H and O–H groups in total. The van der Waals surface area contributed by atoms with E-state index in [0.29, 0.717) is 0 Å². The van der Waals surface area contributed by atoms with Gasteiger partial charge in [-0.15, -0.1) is 0 Å². The molecule has 2 rings (SSSR count). The zero-order chi connectivity index (χ0) is 10.5. The van der Waals surface area contributed by atoms with Crippen molar-refractivity contribution in [3.63, 3.8) is 0 Å². The molecular weight excluding hydrogens is 192 g/mol. The number of hydrogen-bond acceptors (Lipinski definition) is 5. The Bertz CT molecular complexity index is 357. The molecule has 1 aliphatic carbocycles. The summed E-state index contributed by atoms with van der Waals surface area (Å²) in [7, 11) is 0. The van der Waals surface area contributed by atoms with Crippen LogP contribution in [0, 0.1) is 0 Å². The van der Waals surface area contributed by atoms with Gasteiger partial charge >= 0.3 is 5.97 Å². The molecule has 0 spiro atoms. The number of aliphatic carboxylic acids is 1. The highest BCUT2D eigenvalue weighted by atomic mass is 16.6. The molecular formula is C8H8O6. The van der Waals surface area contributed by atoms with Gasteiger partial charge in [0.1, 0.15) is 0 Å². The number of aliphatic hydroxyl groups is 3. The number of carboxylic acid groups (broad SMARTS) is 1. The number of aliphatic hydroxyl groups excluding tert-OH is 3. The van der Waals surface area contributed by atoms with Crippen LogP contribution in [-0.4, -0.2) is 44.2 Å². The fraction of sp³-hybridized carbons (Fsp3) is 0.375. The van der Waals surface area contributed by atoms with Gasteiger partial charge in [0.05, 0.1) is 0 Å². The first-order valence-electron chi connectivity index (χ1n) is 3.89. The van der Waals surface area contributed by atoms with Crippen LogP contribution in [0.15, 0.2) is 23.7 Å². The predicted octanol–water partition coefficient (Wildman–Crippen LogP) is -0.533. The van der Waals surface area contributed by atoms with Gasteiger partial charge in [-0.3, -0.25) is 0 Å². The Kier molecular flexibility index (Phi) is 1.61. The first-order chi connectivity index (χ1) is 6.49. The Morgan fingerprint density at radius 1 is 1.57 bits per heavy atom. The largest absolute Gasteiger partial charge is 0.506 e. The molecule has 0 bridgehead atoms. The molecule has 1 fully saturated rings. The number of carboxylic acids is 1. The number of hydrogen-bond donors (Lipinski definition) is 4. The average Bonchev–Trinajstić information content (AvgIpc) is 2.87. The van der Waals surface area contributed by atoms with Crippen molar-refractivity contribution < 1.29 is 30.0 Å². The lowest BCUT2D eigenvalue weighted by atomic mass is 9.93. The summed E-state index contributed by atoms with van der Waals surface area (Å²) in [6.07, 6.45) is -0.381. The minimum absolute atomic E-state index is 0.374. The van der Waals surface area contributed by atoms with Gasteiger partial charge in [-0.2, -0.15) is 0 Å². The fourth-order valence-electron chi connectivity index (χ4n) is 1.49. The lowest BCUT2D eigenvalue weighted by Crippen LogP contribution is -2.38. The van der Waals surface area contributed by atoms with Gasteiger partial charge in [-0.05, 0) is 12.2 Å². The van der Waals surface area contributed by atoms with Crippen molar-refractivity contribution in [2.75, 3.05) is 0 Å². The zero-order valence-corrected chi connectivity index (χ0v) is 6.91. The lowest BCUT2D eigenvalue weighted by Gasteiger charge is -2.14. The molecule has 0 aromatic heterocycles. The smallest absolute Gasteiger partial charge is 0.336 e. The molecule has 1 aliphatic heterocycles. The topological polar surface area (TPSA) is 111 Å². The van der Waals surface area contributed by atoms with Crippen LogP contribution in [-0.2, 0) is 9.53 Å². The molecule has 0 aromatic rings. The van der Waals surface area contributed by atoms with Gasteiger partial charge in [0.2, 0.25) is 0 Å². The van der Waals surface area contributed by atoms with Crippen molar-refractivity contribution in [1.29, 1.82) is 0 Å². The molecule has 2 aliphatic rings. The molecule has 14 heavy (non-hydrogen) atoms. The number of fused-ring (bicyclic) bond motifs is 1. The van der Waals surface area contributed by atoms with Crippen molar-refractivity contribution >= 4 is 5.97 Å². The second kappa shape index (κ2) is 2.49. The van der Waals surface area contributed by atoms with Crippen LogP contribution < -0.4 is 0 Å². The number of allylic oxidation sites excluding steroid dienone is 1. The van der Waals surface area contributed by atoms with Crippen LogP contribution in [0.3, 0.4) is 0 Å². The van der Waals surface area contributed by atoms with E-state index in [1.54, 1.807) is 0 Å². The van der Waals surface area contributed by atoms with Crippen LogP contribution in [0.2, 0.25) is 0 Å². The lowest BCUT2D eigenvalue weighted by molar-refractivity contribution is -0.149. The molecule has 0 amide bonds. The Morgan fingerprint density at radius 3 is 2.79 bits per heavy atom. The fourth-order valence-corrected chi connectivity index (χ4v) is 1.49. The van der Waals surface area contributed by atoms with Crippen molar-refractivity contribution in [3.8, 4) is 0 Å². The number of ether oxygens (including phenoxy) is 1. The number of rotatable bonds is 2. The third-order valence-corrected chi connectivity index (χ3v) is 2.35. The van der Waals surface area contributed by atoms with Gasteiger partial charge in [-0.25, -0.2) is 4.79 Å². The van der Waals surface area contributed by atoms with E-state index in [1.807, 2.05) is 0 Å². The minimum atomic E-state index is -1.75. The highest BCUT2D eigenvalue weighted by Gasteiger charge is 2.66. The average molecular weight is 200 g/mol. The van der Waals surface area contributed by atoms with E-state index in [4.69, 9.17) is 14.9 Å². The number of epoxide rings is 1. The summed E-state index contributed by atoms with van der Waals surface area (Å²) in [6.45, 7) is 0. The van der Waals surface area contributed by atoms with Crippen LogP contribution in [0.25, 0.3) is 0 Å². The summed E-state index contributed by atoms with van der Waals surface area (Å²) < 4.78 is 4.89. The summed E-state index contributed by atoms with van der Waals surface area (Å²) in [5.41, 5.74) is -1.41. The second-order valence-corrected chi connectivity index (χ2v) is 3.20. The SMILES string of the molecule is O=C(O)C(O)C12C=CC(O)=C(O)C1O2. The highest BCUT2D eigenvalue weighted by molar-refractivity contribution is 5.76.